The van der Waals surface area contributed by atoms with Crippen LogP contribution in [0.5, 0.6) is 0 Å². The summed E-state index contributed by atoms with van der Waals surface area (Å²) >= 11 is 0. The van der Waals surface area contributed by atoms with Crippen LogP contribution in [0, 0.1) is 24.6 Å². The lowest BCUT2D eigenvalue weighted by molar-refractivity contribution is 0.0780. The average Bonchev–Trinajstić information content (AvgIpc) is 3.07. The third-order valence-electron chi connectivity index (χ3n) is 4.88. The molecule has 0 radical (unpaired) electrons. The van der Waals surface area contributed by atoms with Gasteiger partial charge in [-0.15, -0.1) is 24.8 Å². The molecule has 24 heavy (non-hydrogen) atoms. The van der Waals surface area contributed by atoms with Gasteiger partial charge in [0, 0.05) is 37.6 Å². The summed E-state index contributed by atoms with van der Waals surface area (Å²) < 4.78 is 13.3. The van der Waals surface area contributed by atoms with Gasteiger partial charge in [0.15, 0.2) is 0 Å². The van der Waals surface area contributed by atoms with Crippen molar-refractivity contribution in [3.8, 4) is 0 Å². The highest BCUT2D eigenvalue weighted by Gasteiger charge is 2.38. The van der Waals surface area contributed by atoms with Gasteiger partial charge < -0.3 is 10.2 Å². The second-order valence-electron chi connectivity index (χ2n) is 6.35. The van der Waals surface area contributed by atoms with E-state index in [2.05, 4.69) is 10.3 Å². The van der Waals surface area contributed by atoms with Crippen molar-refractivity contribution in [3.63, 3.8) is 0 Å². The highest BCUT2D eigenvalue weighted by Crippen LogP contribution is 2.28. The van der Waals surface area contributed by atoms with E-state index in [1.54, 1.807) is 6.07 Å². The number of fused-ring (bicyclic) bond motifs is 2. The molecule has 0 unspecified atom stereocenters. The van der Waals surface area contributed by atoms with Gasteiger partial charge in [0.05, 0.1) is 16.8 Å². The van der Waals surface area contributed by atoms with Crippen molar-refractivity contribution >= 4 is 41.6 Å². The van der Waals surface area contributed by atoms with Crippen LogP contribution in [0.15, 0.2) is 24.3 Å². The molecule has 2 aromatic rings. The van der Waals surface area contributed by atoms with Crippen molar-refractivity contribution in [2.24, 2.45) is 11.8 Å². The van der Waals surface area contributed by atoms with Crippen LogP contribution < -0.4 is 5.32 Å². The minimum Gasteiger partial charge on any atom is -0.338 e. The maximum atomic E-state index is 13.3. The van der Waals surface area contributed by atoms with E-state index in [0.29, 0.717) is 28.6 Å². The molecule has 3 heterocycles. The number of carbonyl (C=O) groups is 1. The molecule has 1 aromatic carbocycles. The van der Waals surface area contributed by atoms with Gasteiger partial charge in [-0.1, -0.05) is 0 Å². The van der Waals surface area contributed by atoms with E-state index in [9.17, 15) is 9.18 Å². The van der Waals surface area contributed by atoms with E-state index in [1.165, 1.54) is 12.1 Å². The first-order valence-electron chi connectivity index (χ1n) is 7.69. The molecule has 7 heteroatoms. The summed E-state index contributed by atoms with van der Waals surface area (Å²) in [4.78, 5) is 19.1. The van der Waals surface area contributed by atoms with Crippen molar-refractivity contribution in [2.45, 2.75) is 6.92 Å². The quantitative estimate of drug-likeness (QED) is 0.838. The van der Waals surface area contributed by atoms with Crippen molar-refractivity contribution < 1.29 is 9.18 Å². The van der Waals surface area contributed by atoms with Gasteiger partial charge in [-0.2, -0.15) is 0 Å². The number of amides is 1. The molecular formula is C17H20Cl2FN3O. The number of pyridine rings is 1. The van der Waals surface area contributed by atoms with E-state index in [1.807, 2.05) is 17.9 Å². The van der Waals surface area contributed by atoms with Gasteiger partial charge in [-0.25, -0.2) is 4.39 Å². The summed E-state index contributed by atoms with van der Waals surface area (Å²) in [5.41, 5.74) is 1.89. The Balaban J connectivity index is 0.00000104. The Morgan fingerprint density at radius 2 is 1.88 bits per heavy atom. The fourth-order valence-electron chi connectivity index (χ4n) is 3.64. The molecule has 2 aliphatic rings. The summed E-state index contributed by atoms with van der Waals surface area (Å²) in [5.74, 6) is 0.891. The number of carbonyl (C=O) groups excluding carboxylic acids is 1. The molecule has 0 aliphatic carbocycles. The fourth-order valence-corrected chi connectivity index (χ4v) is 3.64. The summed E-state index contributed by atoms with van der Waals surface area (Å²) in [7, 11) is 0. The van der Waals surface area contributed by atoms with Gasteiger partial charge in [0.1, 0.15) is 5.82 Å². The maximum absolute atomic E-state index is 13.3. The lowest BCUT2D eigenvalue weighted by Gasteiger charge is -2.18. The number of hydrogen-bond donors (Lipinski definition) is 1. The maximum Gasteiger partial charge on any atom is 0.255 e. The first-order chi connectivity index (χ1) is 10.6. The zero-order valence-corrected chi connectivity index (χ0v) is 14.9. The number of nitrogens with one attached hydrogen (secondary N) is 1. The van der Waals surface area contributed by atoms with Crippen molar-refractivity contribution in [1.82, 2.24) is 15.2 Å². The number of rotatable bonds is 1. The molecule has 4 rings (SSSR count). The predicted octanol–water partition coefficient (Wildman–Crippen LogP) is 2.82. The third-order valence-corrected chi connectivity index (χ3v) is 4.88. The van der Waals surface area contributed by atoms with Crippen LogP contribution in [-0.4, -0.2) is 42.0 Å². The number of halogens is 3. The zero-order chi connectivity index (χ0) is 15.3. The number of nitrogens with zero attached hydrogens (tertiary/aromatic N) is 2. The second kappa shape index (κ2) is 7.21. The summed E-state index contributed by atoms with van der Waals surface area (Å²) in [6.45, 7) is 5.45. The summed E-state index contributed by atoms with van der Waals surface area (Å²) in [6.07, 6.45) is 0. The lowest BCUT2D eigenvalue weighted by atomic mass is 10.0. The molecule has 0 spiro atoms. The molecule has 4 nitrogen and oxygen atoms in total. The van der Waals surface area contributed by atoms with E-state index < -0.39 is 0 Å². The van der Waals surface area contributed by atoms with E-state index in [0.717, 1.165) is 31.6 Å². The topological polar surface area (TPSA) is 45.2 Å². The van der Waals surface area contributed by atoms with Gasteiger partial charge in [0.2, 0.25) is 0 Å². The minimum atomic E-state index is -0.307. The molecule has 0 bridgehead atoms. The molecule has 2 atom stereocenters. The predicted molar refractivity (Wildman–Crippen MR) is 96.7 cm³/mol. The highest BCUT2D eigenvalue weighted by molar-refractivity contribution is 5.98. The van der Waals surface area contributed by atoms with Crippen molar-refractivity contribution in [3.05, 3.63) is 41.3 Å². The summed E-state index contributed by atoms with van der Waals surface area (Å²) in [5, 5.41) is 4.18. The Bertz CT molecular complexity index is 759. The Morgan fingerprint density at radius 1 is 1.21 bits per heavy atom. The van der Waals surface area contributed by atoms with Crippen LogP contribution in [-0.2, 0) is 0 Å². The van der Waals surface area contributed by atoms with Crippen LogP contribution in [0.25, 0.3) is 10.9 Å². The Labute approximate surface area is 152 Å². The summed E-state index contributed by atoms with van der Waals surface area (Å²) in [6, 6.07) is 6.32. The number of hydrogen-bond acceptors (Lipinski definition) is 3. The van der Waals surface area contributed by atoms with Crippen LogP contribution in [0.1, 0.15) is 16.1 Å². The minimum absolute atomic E-state index is 0. The number of likely N-dealkylation sites (tertiary alicyclic amines) is 1. The molecule has 2 saturated heterocycles. The highest BCUT2D eigenvalue weighted by atomic mass is 35.5. The molecule has 1 amide bonds. The second-order valence-corrected chi connectivity index (χ2v) is 6.35. The smallest absolute Gasteiger partial charge is 0.255 e. The largest absolute Gasteiger partial charge is 0.338 e. The van der Waals surface area contributed by atoms with E-state index in [4.69, 9.17) is 0 Å². The van der Waals surface area contributed by atoms with Crippen LogP contribution in [0.4, 0.5) is 4.39 Å². The van der Waals surface area contributed by atoms with Crippen LogP contribution in [0.3, 0.4) is 0 Å². The molecular weight excluding hydrogens is 352 g/mol. The van der Waals surface area contributed by atoms with Crippen molar-refractivity contribution in [1.29, 1.82) is 0 Å². The van der Waals surface area contributed by atoms with Gasteiger partial charge in [-0.3, -0.25) is 9.78 Å². The third kappa shape index (κ3) is 3.21. The van der Waals surface area contributed by atoms with Gasteiger partial charge >= 0.3 is 0 Å². The lowest BCUT2D eigenvalue weighted by Crippen LogP contribution is -2.32. The molecule has 1 aromatic heterocycles. The standard InChI is InChI=1S/C17H18FN3O.2ClH/c1-10-15(4-11-2-3-14(18)5-16(11)20-10)17(22)21-8-12-6-19-7-13(12)9-21;;/h2-5,12-13,19H,6-9H2,1H3;2*1H/t12-,13+;;. The molecule has 1 N–H and O–H groups in total. The first kappa shape index (κ1) is 18.9. The van der Waals surface area contributed by atoms with E-state index in [-0.39, 0.29) is 36.5 Å². The monoisotopic (exact) mass is 371 g/mol. The molecule has 0 saturated carbocycles. The Kier molecular flexibility index (Phi) is 5.68. The van der Waals surface area contributed by atoms with Gasteiger partial charge in [-0.05, 0) is 37.0 Å². The van der Waals surface area contributed by atoms with Gasteiger partial charge in [0.25, 0.3) is 5.91 Å². The van der Waals surface area contributed by atoms with Crippen LogP contribution >= 0.6 is 24.8 Å². The Hall–Kier alpha value is -1.43. The van der Waals surface area contributed by atoms with E-state index >= 15 is 0 Å². The molecule has 2 aliphatic heterocycles. The zero-order valence-electron chi connectivity index (χ0n) is 13.3. The fraction of sp³-hybridized carbons (Fsp3) is 0.412. The number of aryl methyl sites for hydroxylation is 1. The SMILES string of the molecule is Cc1nc2cc(F)ccc2cc1C(=O)N1C[C@H]2CNC[C@H]2C1.Cl.Cl. The number of aromatic nitrogens is 1. The molecule has 2 fully saturated rings. The Morgan fingerprint density at radius 3 is 2.54 bits per heavy atom. The van der Waals surface area contributed by atoms with Crippen molar-refractivity contribution in [2.75, 3.05) is 26.2 Å². The normalized spacial score (nSPS) is 22.0. The first-order valence-corrected chi connectivity index (χ1v) is 7.69. The molecule has 130 valence electrons. The van der Waals surface area contributed by atoms with Crippen LogP contribution in [0.2, 0.25) is 0 Å². The number of benzene rings is 1. The average molecular weight is 372 g/mol.